The third kappa shape index (κ3) is 2.87. The lowest BCUT2D eigenvalue weighted by molar-refractivity contribution is 0.234. The second-order valence-corrected chi connectivity index (χ2v) is 6.32. The lowest BCUT2D eigenvalue weighted by atomic mass is 10.2. The number of benzene rings is 1. The molecule has 0 radical (unpaired) electrons. The lowest BCUT2D eigenvalue weighted by Gasteiger charge is -2.32. The summed E-state index contributed by atoms with van der Waals surface area (Å²) < 4.78 is 0. The molecular weight excluding hydrogens is 256 g/mol. The zero-order chi connectivity index (χ0) is 13.2. The van der Waals surface area contributed by atoms with Crippen LogP contribution in [0.25, 0.3) is 11.0 Å². The molecule has 3 rings (SSSR count). The summed E-state index contributed by atoms with van der Waals surface area (Å²) in [5.74, 6) is 3.56. The smallest absolute Gasteiger partial charge is 0.108 e. The number of thioether (sulfide) groups is 1. The van der Waals surface area contributed by atoms with Gasteiger partial charge in [-0.3, -0.25) is 4.90 Å². The number of aromatic nitrogens is 2. The third-order valence-corrected chi connectivity index (χ3v) is 4.89. The maximum absolute atomic E-state index is 5.78. The Hall–Kier alpha value is -1.20. The van der Waals surface area contributed by atoms with Crippen LogP contribution in [0.15, 0.2) is 18.2 Å². The van der Waals surface area contributed by atoms with Gasteiger partial charge in [0, 0.05) is 42.7 Å². The normalized spacial score (nSPS) is 21.0. The summed E-state index contributed by atoms with van der Waals surface area (Å²) in [5, 5.41) is 0. The molecule has 3 N–H and O–H groups in total. The fraction of sp³-hybridized carbons (Fsp3) is 0.500. The second kappa shape index (κ2) is 5.43. The SMILES string of the molecule is CC1CSCCN1CCc1nc2ccc(N)cc2[nH]1. The van der Waals surface area contributed by atoms with Gasteiger partial charge in [0.05, 0.1) is 11.0 Å². The number of H-pyrrole nitrogens is 1. The average molecular weight is 276 g/mol. The van der Waals surface area contributed by atoms with Gasteiger partial charge in [-0.1, -0.05) is 0 Å². The molecule has 2 heterocycles. The van der Waals surface area contributed by atoms with Crippen LogP contribution in [0.3, 0.4) is 0 Å². The molecule has 0 saturated carbocycles. The minimum atomic E-state index is 0.679. The molecule has 19 heavy (non-hydrogen) atoms. The number of rotatable bonds is 3. The third-order valence-electron chi connectivity index (χ3n) is 3.70. The van der Waals surface area contributed by atoms with E-state index in [0.29, 0.717) is 6.04 Å². The van der Waals surface area contributed by atoms with Gasteiger partial charge in [-0.25, -0.2) is 4.98 Å². The van der Waals surface area contributed by atoms with E-state index in [1.807, 2.05) is 18.2 Å². The molecule has 0 spiro atoms. The predicted molar refractivity (Wildman–Crippen MR) is 82.6 cm³/mol. The number of nitrogens with two attached hydrogens (primary N) is 1. The highest BCUT2D eigenvalue weighted by Crippen LogP contribution is 2.18. The van der Waals surface area contributed by atoms with Crippen molar-refractivity contribution < 1.29 is 0 Å². The molecule has 0 amide bonds. The van der Waals surface area contributed by atoms with Gasteiger partial charge < -0.3 is 10.7 Å². The first-order chi connectivity index (χ1) is 9.22. The van der Waals surface area contributed by atoms with Gasteiger partial charge in [-0.15, -0.1) is 0 Å². The number of nitrogen functional groups attached to an aromatic ring is 1. The summed E-state index contributed by atoms with van der Waals surface area (Å²) >= 11 is 2.05. The van der Waals surface area contributed by atoms with E-state index in [9.17, 15) is 0 Å². The summed E-state index contributed by atoms with van der Waals surface area (Å²) in [7, 11) is 0. The largest absolute Gasteiger partial charge is 0.399 e. The molecule has 5 heteroatoms. The van der Waals surface area contributed by atoms with E-state index in [-0.39, 0.29) is 0 Å². The zero-order valence-electron chi connectivity index (χ0n) is 11.2. The Kier molecular flexibility index (Phi) is 3.66. The molecule has 0 bridgehead atoms. The van der Waals surface area contributed by atoms with E-state index in [1.54, 1.807) is 0 Å². The minimum Gasteiger partial charge on any atom is -0.399 e. The van der Waals surface area contributed by atoms with E-state index in [0.717, 1.165) is 35.5 Å². The van der Waals surface area contributed by atoms with E-state index in [2.05, 4.69) is 33.6 Å². The molecular formula is C14H20N4S. The standard InChI is InChI=1S/C14H20N4S/c1-10-9-19-7-6-18(10)5-4-14-16-12-3-2-11(15)8-13(12)17-14/h2-3,8,10H,4-7,9,15H2,1H3,(H,16,17). The fourth-order valence-electron chi connectivity index (χ4n) is 2.54. The molecule has 2 aromatic rings. The van der Waals surface area contributed by atoms with E-state index < -0.39 is 0 Å². The van der Waals surface area contributed by atoms with Gasteiger partial charge in [-0.05, 0) is 25.1 Å². The van der Waals surface area contributed by atoms with Crippen molar-refractivity contribution in [3.05, 3.63) is 24.0 Å². The van der Waals surface area contributed by atoms with Gasteiger partial charge >= 0.3 is 0 Å². The zero-order valence-corrected chi connectivity index (χ0v) is 12.0. The van der Waals surface area contributed by atoms with Crippen molar-refractivity contribution in [1.29, 1.82) is 0 Å². The first-order valence-corrected chi connectivity index (χ1v) is 7.94. The van der Waals surface area contributed by atoms with Crippen LogP contribution in [0.4, 0.5) is 5.69 Å². The summed E-state index contributed by atoms with van der Waals surface area (Å²) in [6, 6.07) is 6.51. The number of fused-ring (bicyclic) bond motifs is 1. The molecule has 1 saturated heterocycles. The van der Waals surface area contributed by atoms with Crippen molar-refractivity contribution in [1.82, 2.24) is 14.9 Å². The summed E-state index contributed by atoms with van der Waals surface area (Å²) in [6.07, 6.45) is 0.976. The quantitative estimate of drug-likeness (QED) is 0.843. The molecule has 1 unspecified atom stereocenters. The van der Waals surface area contributed by atoms with Crippen molar-refractivity contribution in [2.75, 3.05) is 30.3 Å². The molecule has 1 aromatic heterocycles. The molecule has 1 aromatic carbocycles. The summed E-state index contributed by atoms with van der Waals surface area (Å²) in [6.45, 7) is 4.58. The Morgan fingerprint density at radius 2 is 2.42 bits per heavy atom. The Labute approximate surface area is 117 Å². The van der Waals surface area contributed by atoms with E-state index >= 15 is 0 Å². The first kappa shape index (κ1) is 12.8. The Morgan fingerprint density at radius 1 is 1.53 bits per heavy atom. The van der Waals surface area contributed by atoms with Crippen LogP contribution in [-0.2, 0) is 6.42 Å². The van der Waals surface area contributed by atoms with Crippen LogP contribution in [0.2, 0.25) is 0 Å². The Bertz CT molecular complexity index is 566. The van der Waals surface area contributed by atoms with Crippen LogP contribution in [0.5, 0.6) is 0 Å². The minimum absolute atomic E-state index is 0.679. The highest BCUT2D eigenvalue weighted by atomic mass is 32.2. The van der Waals surface area contributed by atoms with E-state index in [1.165, 1.54) is 18.1 Å². The van der Waals surface area contributed by atoms with Gasteiger partial charge in [0.25, 0.3) is 0 Å². The fourth-order valence-corrected chi connectivity index (χ4v) is 3.62. The van der Waals surface area contributed by atoms with Gasteiger partial charge in [0.15, 0.2) is 0 Å². The molecule has 102 valence electrons. The van der Waals surface area contributed by atoms with Crippen LogP contribution in [0.1, 0.15) is 12.7 Å². The molecule has 4 nitrogen and oxygen atoms in total. The van der Waals surface area contributed by atoms with Crippen molar-refractivity contribution in [3.63, 3.8) is 0 Å². The summed E-state index contributed by atoms with van der Waals surface area (Å²) in [4.78, 5) is 10.5. The van der Waals surface area contributed by atoms with Crippen molar-refractivity contribution in [2.24, 2.45) is 0 Å². The number of hydrogen-bond acceptors (Lipinski definition) is 4. The highest BCUT2D eigenvalue weighted by Gasteiger charge is 2.18. The average Bonchev–Trinajstić information content (AvgIpc) is 2.79. The maximum atomic E-state index is 5.78. The van der Waals surface area contributed by atoms with Crippen LogP contribution >= 0.6 is 11.8 Å². The topological polar surface area (TPSA) is 57.9 Å². The monoisotopic (exact) mass is 276 g/mol. The van der Waals surface area contributed by atoms with Crippen LogP contribution in [0, 0.1) is 0 Å². The van der Waals surface area contributed by atoms with Gasteiger partial charge in [0.1, 0.15) is 5.82 Å². The molecule has 1 atom stereocenters. The molecule has 1 fully saturated rings. The van der Waals surface area contributed by atoms with E-state index in [4.69, 9.17) is 5.73 Å². The number of anilines is 1. The number of nitrogens with zero attached hydrogens (tertiary/aromatic N) is 2. The van der Waals surface area contributed by atoms with Crippen molar-refractivity contribution in [3.8, 4) is 0 Å². The number of aromatic amines is 1. The molecule has 1 aliphatic heterocycles. The maximum Gasteiger partial charge on any atom is 0.108 e. The second-order valence-electron chi connectivity index (χ2n) is 5.17. The molecule has 0 aliphatic carbocycles. The number of imidazole rings is 1. The predicted octanol–water partition coefficient (Wildman–Crippen LogP) is 2.12. The lowest BCUT2D eigenvalue weighted by Crippen LogP contribution is -2.41. The molecule has 1 aliphatic rings. The van der Waals surface area contributed by atoms with Crippen molar-refractivity contribution in [2.45, 2.75) is 19.4 Å². The highest BCUT2D eigenvalue weighted by molar-refractivity contribution is 7.99. The Balaban J connectivity index is 1.68. The number of nitrogens with one attached hydrogen (secondary N) is 1. The van der Waals surface area contributed by atoms with Gasteiger partial charge in [-0.2, -0.15) is 11.8 Å². The van der Waals surface area contributed by atoms with Crippen LogP contribution in [-0.4, -0.2) is 45.5 Å². The van der Waals surface area contributed by atoms with Gasteiger partial charge in [0.2, 0.25) is 0 Å². The Morgan fingerprint density at radius 3 is 3.26 bits per heavy atom. The first-order valence-electron chi connectivity index (χ1n) is 6.78. The van der Waals surface area contributed by atoms with Crippen molar-refractivity contribution >= 4 is 28.5 Å². The summed E-state index contributed by atoms with van der Waals surface area (Å²) in [5.41, 5.74) is 8.61. The number of hydrogen-bond donors (Lipinski definition) is 2. The van der Waals surface area contributed by atoms with Crippen LogP contribution < -0.4 is 5.73 Å².